The third-order valence-corrected chi connectivity index (χ3v) is 5.81. The molecule has 2 heterocycles. The van der Waals surface area contributed by atoms with Crippen LogP contribution >= 0.6 is 11.8 Å². The van der Waals surface area contributed by atoms with Crippen LogP contribution in [0, 0.1) is 11.3 Å². The molecule has 0 radical (unpaired) electrons. The zero-order valence-electron chi connectivity index (χ0n) is 16.9. The molecule has 0 unspecified atom stereocenters. The van der Waals surface area contributed by atoms with E-state index in [1.165, 1.54) is 17.3 Å². The van der Waals surface area contributed by atoms with E-state index in [1.807, 2.05) is 30.3 Å². The van der Waals surface area contributed by atoms with Crippen LogP contribution < -0.4 is 5.32 Å². The molecule has 0 fully saturated rings. The number of thioether (sulfide) groups is 1. The van der Waals surface area contributed by atoms with Crippen molar-refractivity contribution in [1.82, 2.24) is 9.88 Å². The molecule has 146 valence electrons. The summed E-state index contributed by atoms with van der Waals surface area (Å²) in [5.41, 5.74) is 4.78. The van der Waals surface area contributed by atoms with E-state index >= 15 is 0 Å². The quantitative estimate of drug-likeness (QED) is 0.795. The van der Waals surface area contributed by atoms with Crippen LogP contribution in [-0.4, -0.2) is 35.1 Å². The summed E-state index contributed by atoms with van der Waals surface area (Å²) in [7, 11) is 2.07. The minimum atomic E-state index is -0.100. The summed E-state index contributed by atoms with van der Waals surface area (Å²) in [4.78, 5) is 19.2. The Bertz CT molecular complexity index is 910. The standard InChI is InChI=1S/C22H26N4OS/c1-22(2,3)17-5-7-18(8-6-17)24-20(27)14-28-21-15(12-23)11-16-13-26(4)10-9-19(16)25-21/h5-8,11H,9-10,13-14H2,1-4H3,(H,24,27). The lowest BCUT2D eigenvalue weighted by molar-refractivity contribution is -0.113. The molecule has 0 atom stereocenters. The van der Waals surface area contributed by atoms with Gasteiger partial charge in [-0.2, -0.15) is 5.26 Å². The van der Waals surface area contributed by atoms with Gasteiger partial charge in [-0.15, -0.1) is 0 Å². The molecule has 3 rings (SSSR count). The Morgan fingerprint density at radius 2 is 2.04 bits per heavy atom. The number of fused-ring (bicyclic) bond motifs is 1. The summed E-state index contributed by atoms with van der Waals surface area (Å²) < 4.78 is 0. The van der Waals surface area contributed by atoms with Crippen LogP contribution in [0.4, 0.5) is 5.69 Å². The predicted molar refractivity (Wildman–Crippen MR) is 113 cm³/mol. The average Bonchev–Trinajstić information content (AvgIpc) is 2.65. The van der Waals surface area contributed by atoms with Gasteiger partial charge in [0.2, 0.25) is 5.91 Å². The molecule has 1 aromatic heterocycles. The average molecular weight is 395 g/mol. The number of carbonyl (C=O) groups excluding carboxylic acids is 1. The topological polar surface area (TPSA) is 69.0 Å². The summed E-state index contributed by atoms with van der Waals surface area (Å²) in [6.45, 7) is 8.25. The Morgan fingerprint density at radius 1 is 1.32 bits per heavy atom. The zero-order valence-corrected chi connectivity index (χ0v) is 17.7. The SMILES string of the molecule is CN1CCc2nc(SCC(=O)Nc3ccc(C(C)(C)C)cc3)c(C#N)cc2C1. The molecule has 1 aliphatic heterocycles. The van der Waals surface area contributed by atoms with Gasteiger partial charge in [0.25, 0.3) is 0 Å². The Morgan fingerprint density at radius 3 is 2.68 bits per heavy atom. The van der Waals surface area contributed by atoms with Gasteiger partial charge in [0, 0.05) is 30.9 Å². The number of likely N-dealkylation sites (N-methyl/N-ethyl adjacent to an activating group) is 1. The van der Waals surface area contributed by atoms with Gasteiger partial charge >= 0.3 is 0 Å². The van der Waals surface area contributed by atoms with Crippen LogP contribution in [0.3, 0.4) is 0 Å². The van der Waals surface area contributed by atoms with Crippen molar-refractivity contribution in [3.8, 4) is 6.07 Å². The molecule has 0 aliphatic carbocycles. The van der Waals surface area contributed by atoms with Crippen LogP contribution in [0.25, 0.3) is 0 Å². The maximum atomic E-state index is 12.3. The Kier molecular flexibility index (Phi) is 6.07. The first-order chi connectivity index (χ1) is 13.3. The molecule has 1 N–H and O–H groups in total. The largest absolute Gasteiger partial charge is 0.325 e. The first kappa shape index (κ1) is 20.4. The number of anilines is 1. The highest BCUT2D eigenvalue weighted by Gasteiger charge is 2.19. The normalized spacial score (nSPS) is 14.2. The third kappa shape index (κ3) is 4.92. The molecule has 0 bridgehead atoms. The minimum absolute atomic E-state index is 0.0824. The highest BCUT2D eigenvalue weighted by molar-refractivity contribution is 8.00. The van der Waals surface area contributed by atoms with Crippen molar-refractivity contribution in [1.29, 1.82) is 5.26 Å². The van der Waals surface area contributed by atoms with Crippen molar-refractivity contribution < 1.29 is 4.79 Å². The number of aromatic nitrogens is 1. The van der Waals surface area contributed by atoms with Gasteiger partial charge in [-0.1, -0.05) is 44.7 Å². The summed E-state index contributed by atoms with van der Waals surface area (Å²) in [5.74, 6) is 0.123. The minimum Gasteiger partial charge on any atom is -0.325 e. The zero-order chi connectivity index (χ0) is 20.3. The van der Waals surface area contributed by atoms with Crippen LogP contribution in [0.1, 0.15) is 43.2 Å². The maximum absolute atomic E-state index is 12.3. The van der Waals surface area contributed by atoms with E-state index in [2.05, 4.69) is 49.1 Å². The van der Waals surface area contributed by atoms with E-state index < -0.39 is 0 Å². The van der Waals surface area contributed by atoms with Gasteiger partial charge < -0.3 is 10.2 Å². The highest BCUT2D eigenvalue weighted by atomic mass is 32.2. The lowest BCUT2D eigenvalue weighted by Gasteiger charge is -2.24. The van der Waals surface area contributed by atoms with Gasteiger partial charge in [0.15, 0.2) is 0 Å². The number of pyridine rings is 1. The fourth-order valence-electron chi connectivity index (χ4n) is 3.17. The van der Waals surface area contributed by atoms with Gasteiger partial charge in [-0.05, 0) is 41.8 Å². The monoisotopic (exact) mass is 394 g/mol. The molecule has 2 aromatic rings. The van der Waals surface area contributed by atoms with Crippen LogP contribution in [0.15, 0.2) is 35.4 Å². The Hall–Kier alpha value is -2.36. The van der Waals surface area contributed by atoms with Crippen molar-refractivity contribution in [2.45, 2.75) is 44.2 Å². The first-order valence-corrected chi connectivity index (χ1v) is 10.4. The third-order valence-electron chi connectivity index (χ3n) is 4.82. The van der Waals surface area contributed by atoms with Gasteiger partial charge in [-0.3, -0.25) is 4.79 Å². The number of rotatable bonds is 4. The molecular formula is C22H26N4OS. The second-order valence-corrected chi connectivity index (χ2v) is 9.17. The van der Waals surface area contributed by atoms with E-state index in [0.29, 0.717) is 10.6 Å². The van der Waals surface area contributed by atoms with Gasteiger partial charge in [0.1, 0.15) is 11.1 Å². The second-order valence-electron chi connectivity index (χ2n) is 8.21. The molecule has 0 saturated carbocycles. The fraction of sp³-hybridized carbons (Fsp3) is 0.409. The molecule has 1 amide bonds. The van der Waals surface area contributed by atoms with Crippen molar-refractivity contribution >= 4 is 23.4 Å². The van der Waals surface area contributed by atoms with Crippen molar-refractivity contribution in [2.24, 2.45) is 0 Å². The van der Waals surface area contributed by atoms with E-state index in [0.717, 1.165) is 36.5 Å². The first-order valence-electron chi connectivity index (χ1n) is 9.41. The predicted octanol–water partition coefficient (Wildman–Crippen LogP) is 3.97. The number of hydrogen-bond donors (Lipinski definition) is 1. The summed E-state index contributed by atoms with van der Waals surface area (Å²) in [5, 5.41) is 13.0. The fourth-order valence-corrected chi connectivity index (χ4v) is 3.94. The van der Waals surface area contributed by atoms with E-state index in [1.54, 1.807) is 0 Å². The molecular weight excluding hydrogens is 368 g/mol. The van der Waals surface area contributed by atoms with Crippen molar-refractivity contribution in [3.63, 3.8) is 0 Å². The van der Waals surface area contributed by atoms with Crippen LogP contribution in [0.5, 0.6) is 0 Å². The van der Waals surface area contributed by atoms with Gasteiger partial charge in [-0.25, -0.2) is 4.98 Å². The Balaban J connectivity index is 1.64. The summed E-state index contributed by atoms with van der Waals surface area (Å²) in [6.07, 6.45) is 0.872. The molecule has 28 heavy (non-hydrogen) atoms. The number of amides is 1. The van der Waals surface area contributed by atoms with Gasteiger partial charge in [0.05, 0.1) is 11.3 Å². The van der Waals surface area contributed by atoms with Crippen molar-refractivity contribution in [2.75, 3.05) is 24.7 Å². The molecule has 0 saturated heterocycles. The van der Waals surface area contributed by atoms with E-state index in [-0.39, 0.29) is 17.1 Å². The number of carbonyl (C=O) groups is 1. The Labute approximate surface area is 171 Å². The molecule has 5 nitrogen and oxygen atoms in total. The van der Waals surface area contributed by atoms with Crippen LogP contribution in [0.2, 0.25) is 0 Å². The lowest BCUT2D eigenvalue weighted by Crippen LogP contribution is -2.27. The maximum Gasteiger partial charge on any atom is 0.234 e. The molecule has 1 aliphatic rings. The van der Waals surface area contributed by atoms with E-state index in [4.69, 9.17) is 0 Å². The number of hydrogen-bond acceptors (Lipinski definition) is 5. The lowest BCUT2D eigenvalue weighted by atomic mass is 9.87. The number of nitriles is 1. The highest BCUT2D eigenvalue weighted by Crippen LogP contribution is 2.27. The van der Waals surface area contributed by atoms with Crippen LogP contribution in [-0.2, 0) is 23.2 Å². The number of benzene rings is 1. The molecule has 6 heteroatoms. The smallest absolute Gasteiger partial charge is 0.234 e. The summed E-state index contributed by atoms with van der Waals surface area (Å²) >= 11 is 1.32. The molecule has 0 spiro atoms. The number of nitrogens with one attached hydrogen (secondary N) is 1. The van der Waals surface area contributed by atoms with E-state index in [9.17, 15) is 10.1 Å². The summed E-state index contributed by atoms with van der Waals surface area (Å²) in [6, 6.07) is 12.1. The second kappa shape index (κ2) is 8.34. The molecule has 1 aromatic carbocycles. The van der Waals surface area contributed by atoms with Crippen molar-refractivity contribution in [3.05, 3.63) is 52.7 Å². The number of nitrogens with zero attached hydrogens (tertiary/aromatic N) is 3.